The van der Waals surface area contributed by atoms with Crippen LogP contribution in [0.5, 0.6) is 0 Å². The van der Waals surface area contributed by atoms with Crippen molar-refractivity contribution in [3.8, 4) is 0 Å². The topological polar surface area (TPSA) is 441 Å². The first-order valence-electron chi connectivity index (χ1n) is 30.2. The van der Waals surface area contributed by atoms with Crippen LogP contribution < -0.4 is 0 Å². The summed E-state index contributed by atoms with van der Waals surface area (Å²) in [6.45, 7) is 14.0. The van der Waals surface area contributed by atoms with E-state index >= 15 is 0 Å². The van der Waals surface area contributed by atoms with Crippen LogP contribution in [0.25, 0.3) is 0 Å². The maximum absolute atomic E-state index is 13.2. The van der Waals surface area contributed by atoms with Crippen molar-refractivity contribution in [1.29, 1.82) is 0 Å². The van der Waals surface area contributed by atoms with Gasteiger partial charge in [-0.15, -0.1) is 0 Å². The Hall–Kier alpha value is -2.50. The highest BCUT2D eigenvalue weighted by atomic mass is 16.8. The number of carboxylic acid groups (broad SMARTS) is 1. The Morgan fingerprint density at radius 3 is 1.74 bits per heavy atom. The Labute approximate surface area is 499 Å². The van der Waals surface area contributed by atoms with E-state index in [1.807, 2.05) is 20.8 Å². The number of carbonyl (C=O) groups is 2. The number of aliphatic carboxylic acids is 1. The van der Waals surface area contributed by atoms with Crippen LogP contribution in [0, 0.1) is 50.2 Å². The smallest absolute Gasteiger partial charge is 0.335 e. The number of rotatable bonds is 15. The summed E-state index contributed by atoms with van der Waals surface area (Å²) in [6, 6.07) is 0. The van der Waals surface area contributed by atoms with E-state index in [0.29, 0.717) is 32.1 Å². The van der Waals surface area contributed by atoms with Gasteiger partial charge in [-0.25, -0.2) is 9.59 Å². The van der Waals surface area contributed by atoms with Gasteiger partial charge in [-0.3, -0.25) is 0 Å². The van der Waals surface area contributed by atoms with Crippen molar-refractivity contribution in [1.82, 2.24) is 0 Å². The standard InChI is InChI=1S/C59H94O27/c1-10-23(2)49(77)82-42-24(3)78-50(40(72)37(42)69)86-47-46(74)59(22-63)26(17-54(47,4)5)25-11-12-30-55(6)15-14-32(56(7,21-62)29(55)13-16-57(30,8)58(25,9)18-31(59)64)81-53-44(84-52-39(71)36(68)34(66)28(20-61)80-52)41(73)43(45(85-53)48(75)76)83-51-38(70)35(67)33(65)27(19-60)79-51/h10-11,24,26-47,50-53,60-74H,12-22H2,1-9H3,(H,75,76)/b23-10-/t24-,26?,27-,28-,29?,30?,31-,32+,33-,34-,35+,36+,37-,38-,39-,40-,41+,42-,43+,44-,45+,46+,47+,50+,51+,52+,53-,55+,56-,57-,58-,59+/m1/s1. The number of aliphatic hydroxyl groups is 15. The van der Waals surface area contributed by atoms with Crippen LogP contribution in [0.4, 0.5) is 0 Å². The van der Waals surface area contributed by atoms with E-state index in [1.165, 1.54) is 0 Å². The minimum atomic E-state index is -2.19. The molecule has 16 N–H and O–H groups in total. The Balaban J connectivity index is 0.982. The molecule has 0 aromatic rings. The summed E-state index contributed by atoms with van der Waals surface area (Å²) in [5.41, 5.74) is -4.23. The normalized spacial score (nSPS) is 53.0. The number of esters is 1. The molecule has 0 radical (unpaired) electrons. The summed E-state index contributed by atoms with van der Waals surface area (Å²) >= 11 is 0. The Bertz CT molecular complexity index is 2480. The average molecular weight is 1240 g/mol. The largest absolute Gasteiger partial charge is 0.479 e. The van der Waals surface area contributed by atoms with E-state index in [1.54, 1.807) is 26.8 Å². The van der Waals surface area contributed by atoms with Gasteiger partial charge in [0.1, 0.15) is 79.4 Å². The number of hydrogen-bond acceptors (Lipinski definition) is 26. The van der Waals surface area contributed by atoms with Crippen LogP contribution in [0.3, 0.4) is 0 Å². The quantitative estimate of drug-likeness (QED) is 0.0335. The van der Waals surface area contributed by atoms with Crippen molar-refractivity contribution in [3.05, 3.63) is 23.3 Å². The van der Waals surface area contributed by atoms with Crippen molar-refractivity contribution < 1.29 is 134 Å². The van der Waals surface area contributed by atoms with Gasteiger partial charge in [0, 0.05) is 11.0 Å². The summed E-state index contributed by atoms with van der Waals surface area (Å²) in [7, 11) is 0. The van der Waals surface area contributed by atoms with Crippen molar-refractivity contribution in [2.45, 2.75) is 254 Å². The van der Waals surface area contributed by atoms with Gasteiger partial charge in [-0.05, 0) is 105 Å². The molecule has 27 heteroatoms. The van der Waals surface area contributed by atoms with Crippen LogP contribution in [-0.2, 0) is 52.2 Å². The third-order valence-corrected chi connectivity index (χ3v) is 22.9. The molecule has 0 aromatic carbocycles. The second-order valence-corrected chi connectivity index (χ2v) is 27.7. The lowest BCUT2D eigenvalue weighted by atomic mass is 9.33. The van der Waals surface area contributed by atoms with Crippen molar-refractivity contribution >= 4 is 11.9 Å². The van der Waals surface area contributed by atoms with Crippen molar-refractivity contribution in [3.63, 3.8) is 0 Å². The van der Waals surface area contributed by atoms with Gasteiger partial charge in [0.15, 0.2) is 37.4 Å². The highest BCUT2D eigenvalue weighted by molar-refractivity contribution is 5.87. The highest BCUT2D eigenvalue weighted by Gasteiger charge is 2.73. The third kappa shape index (κ3) is 10.8. The lowest BCUT2D eigenvalue weighted by Crippen LogP contribution is -2.72. The number of carbonyl (C=O) groups excluding carboxylic acids is 1. The number of ether oxygens (including phenoxy) is 9. The number of hydrogen-bond donors (Lipinski definition) is 16. The highest BCUT2D eigenvalue weighted by Crippen LogP contribution is 2.76. The van der Waals surface area contributed by atoms with Crippen molar-refractivity contribution in [2.75, 3.05) is 26.4 Å². The molecule has 0 aromatic heterocycles. The number of allylic oxidation sites excluding steroid dienone is 3. The Morgan fingerprint density at radius 1 is 0.628 bits per heavy atom. The molecule has 5 aliphatic carbocycles. The van der Waals surface area contributed by atoms with E-state index in [9.17, 15) is 91.3 Å². The zero-order chi connectivity index (χ0) is 63.5. The summed E-state index contributed by atoms with van der Waals surface area (Å²) in [4.78, 5) is 25.8. The summed E-state index contributed by atoms with van der Waals surface area (Å²) in [5.74, 6) is -3.46. The molecule has 4 saturated heterocycles. The van der Waals surface area contributed by atoms with Crippen LogP contribution in [0.2, 0.25) is 0 Å². The first-order chi connectivity index (χ1) is 40.2. The second kappa shape index (κ2) is 24.8. The fourth-order valence-electron chi connectivity index (χ4n) is 17.4. The van der Waals surface area contributed by atoms with Crippen LogP contribution in [0.15, 0.2) is 23.3 Å². The minimum Gasteiger partial charge on any atom is -0.479 e. The van der Waals surface area contributed by atoms with Gasteiger partial charge in [0.25, 0.3) is 0 Å². The summed E-state index contributed by atoms with van der Waals surface area (Å²) in [6.07, 6.45) is -34.6. The molecule has 4 aliphatic heterocycles. The van der Waals surface area contributed by atoms with Gasteiger partial charge in [0.2, 0.25) is 0 Å². The number of aliphatic hydroxyl groups excluding tert-OH is 15. The molecule has 8 fully saturated rings. The molecule has 9 aliphatic rings. The molecule has 86 heavy (non-hydrogen) atoms. The molecule has 9 rings (SSSR count). The molecule has 32 atom stereocenters. The Kier molecular flexibility index (Phi) is 19.6. The average Bonchev–Trinajstić information content (AvgIpc) is 0.675. The maximum Gasteiger partial charge on any atom is 0.335 e. The van der Waals surface area contributed by atoms with Crippen molar-refractivity contribution in [2.24, 2.45) is 50.2 Å². The predicted molar refractivity (Wildman–Crippen MR) is 291 cm³/mol. The summed E-state index contributed by atoms with van der Waals surface area (Å²) < 4.78 is 54.0. The van der Waals surface area contributed by atoms with Crippen LogP contribution in [-0.4, -0.2) is 267 Å². The Morgan fingerprint density at radius 2 is 1.20 bits per heavy atom. The molecular weight excluding hydrogens is 1140 g/mol. The first kappa shape index (κ1) is 67.9. The van der Waals surface area contributed by atoms with Gasteiger partial charge in [-0.2, -0.15) is 0 Å². The molecule has 0 bridgehead atoms. The summed E-state index contributed by atoms with van der Waals surface area (Å²) in [5, 5.41) is 179. The van der Waals surface area contributed by atoms with E-state index in [0.717, 1.165) is 5.57 Å². The zero-order valence-corrected chi connectivity index (χ0v) is 50.2. The zero-order valence-electron chi connectivity index (χ0n) is 50.2. The van der Waals surface area contributed by atoms with E-state index in [2.05, 4.69) is 26.8 Å². The van der Waals surface area contributed by atoms with Gasteiger partial charge in [-0.1, -0.05) is 59.3 Å². The number of fused-ring (bicyclic) bond motifs is 7. The monoisotopic (exact) mass is 1230 g/mol. The molecule has 492 valence electrons. The SMILES string of the molecule is C/C=C(/C)C(=O)O[C@H]1[C@H](O)[C@@H](O)[C@H](O[C@H]2[C@H](O)[C@@]3(CO)C(CC2(C)C)C2=CCC4[C@@]5(C)CC[C@H](O[C@@H]6O[C@H](C(=O)O)[C@@H](O[C@@H]7O[C@H](CO)[C@@H](O)[C@H](O)[C@H]7O)[C@H](O)[C@H]6O[C@@H]6O[C@H](CO)[C@@H](O)[C@H](O)[C@H]6O)[C@](C)(CO)C5CC[C@@]4(C)[C@]2(C)C[C@H]3O)O[C@@H]1C. The molecule has 4 heterocycles. The molecule has 3 unspecified atom stereocenters. The molecule has 4 saturated carbocycles. The fourth-order valence-corrected chi connectivity index (χ4v) is 17.4. The molecule has 0 amide bonds. The first-order valence-corrected chi connectivity index (χ1v) is 30.2. The number of carboxylic acids is 1. The molecule has 0 spiro atoms. The minimum absolute atomic E-state index is 0.115. The van der Waals surface area contributed by atoms with Crippen LogP contribution >= 0.6 is 0 Å². The van der Waals surface area contributed by atoms with Crippen LogP contribution in [0.1, 0.15) is 107 Å². The second-order valence-electron chi connectivity index (χ2n) is 27.7. The third-order valence-electron chi connectivity index (χ3n) is 22.9. The van der Waals surface area contributed by atoms with Gasteiger partial charge >= 0.3 is 11.9 Å². The lowest BCUT2D eigenvalue weighted by Gasteiger charge is -2.72. The predicted octanol–water partition coefficient (Wildman–Crippen LogP) is -3.04. The molecule has 27 nitrogen and oxygen atoms in total. The van der Waals surface area contributed by atoms with Gasteiger partial charge in [0.05, 0.1) is 62.4 Å². The van der Waals surface area contributed by atoms with Gasteiger partial charge < -0.3 is 124 Å². The van der Waals surface area contributed by atoms with E-state index in [4.69, 9.17) is 42.6 Å². The molecular formula is C59H94O27. The van der Waals surface area contributed by atoms with E-state index in [-0.39, 0.29) is 30.3 Å². The lowest BCUT2D eigenvalue weighted by molar-refractivity contribution is -0.392. The maximum atomic E-state index is 13.2. The van der Waals surface area contributed by atoms with E-state index < -0.39 is 224 Å². The fraction of sp³-hybridized carbons (Fsp3) is 0.898.